The molecule has 2 aromatic rings. The molecule has 0 aromatic heterocycles. The number of hydrogen-bond donors (Lipinski definition) is 1. The molecule has 0 radical (unpaired) electrons. The van der Waals surface area contributed by atoms with E-state index in [-0.39, 0.29) is 40.9 Å². The van der Waals surface area contributed by atoms with Gasteiger partial charge in [-0.1, -0.05) is 36.4 Å². The third-order valence-electron chi connectivity index (χ3n) is 2.83. The Morgan fingerprint density at radius 1 is 1.05 bits per heavy atom. The predicted octanol–water partition coefficient (Wildman–Crippen LogP) is 1.46. The Bertz CT molecular complexity index is 758. The molecule has 0 fully saturated rings. The number of hydrogen-bond acceptors (Lipinski definition) is 6. The molecule has 0 aliphatic rings. The first kappa shape index (κ1) is 18.8. The Kier molecular flexibility index (Phi) is 6.73. The molecule has 8 heteroatoms. The maximum absolute atomic E-state index is 12.4. The van der Waals surface area contributed by atoms with Crippen LogP contribution in [0.5, 0.6) is 5.75 Å². The summed E-state index contributed by atoms with van der Waals surface area (Å²) >= 11 is 0. The molecule has 22 heavy (non-hydrogen) atoms. The molecule has 0 heterocycles. The molecule has 0 atom stereocenters. The molecule has 0 aliphatic heterocycles. The molecule has 0 saturated carbocycles. The van der Waals surface area contributed by atoms with Crippen molar-refractivity contribution in [2.45, 2.75) is 4.90 Å². The number of ether oxygens (including phenoxy) is 1. The van der Waals surface area contributed by atoms with Crippen LogP contribution in [0.4, 0.5) is 0 Å². The van der Waals surface area contributed by atoms with Crippen LogP contribution >= 0.6 is 0 Å². The minimum atomic E-state index is -4.51. The van der Waals surface area contributed by atoms with Crippen LogP contribution in [0.15, 0.2) is 53.4 Å². The maximum atomic E-state index is 12.4. The van der Waals surface area contributed by atoms with E-state index >= 15 is 0 Å². The molecule has 0 unspecified atom stereocenters. The molecule has 0 spiro atoms. The summed E-state index contributed by atoms with van der Waals surface area (Å²) in [6.45, 7) is 0. The van der Waals surface area contributed by atoms with Crippen LogP contribution in [0.2, 0.25) is 0 Å². The van der Waals surface area contributed by atoms with Gasteiger partial charge in [0.2, 0.25) is 0 Å². The molecular formula is C14H13NaO6S. The summed E-state index contributed by atoms with van der Waals surface area (Å²) in [7, 11) is -3.26. The fraction of sp³-hybridized carbons (Fsp3) is 0.0714. The van der Waals surface area contributed by atoms with E-state index in [2.05, 4.69) is 4.33 Å². The predicted molar refractivity (Wildman–Crippen MR) is 80.9 cm³/mol. The second kappa shape index (κ2) is 7.87. The van der Waals surface area contributed by atoms with Crippen molar-refractivity contribution in [3.8, 4) is 5.75 Å². The van der Waals surface area contributed by atoms with E-state index in [9.17, 15) is 13.2 Å². The normalized spacial score (nSPS) is 10.6. The fourth-order valence-electron chi connectivity index (χ4n) is 1.90. The van der Waals surface area contributed by atoms with Crippen molar-refractivity contribution in [1.29, 1.82) is 0 Å². The first-order chi connectivity index (χ1) is 10.0. The van der Waals surface area contributed by atoms with Crippen LogP contribution < -0.4 is 4.74 Å². The van der Waals surface area contributed by atoms with E-state index < -0.39 is 20.8 Å². The monoisotopic (exact) mass is 332 g/mol. The summed E-state index contributed by atoms with van der Waals surface area (Å²) in [6.07, 6.45) is 0. The number of ketones is 1. The third kappa shape index (κ3) is 3.75. The standard InChI is InChI=1S/C14H12O6S.Na.H/c1-19-12-9-5-8-11(14(12)21(17,18)20-16)13(15)10-6-3-2-4-7-10;;/h2-9,16H,1H3;;. The van der Waals surface area contributed by atoms with E-state index in [0.717, 1.165) is 0 Å². The van der Waals surface area contributed by atoms with Crippen molar-refractivity contribution < 1.29 is 27.5 Å². The zero-order valence-electron chi connectivity index (χ0n) is 11.0. The van der Waals surface area contributed by atoms with Crippen molar-refractivity contribution in [1.82, 2.24) is 0 Å². The van der Waals surface area contributed by atoms with Gasteiger partial charge in [-0.25, -0.2) is 5.26 Å². The van der Waals surface area contributed by atoms with Crippen LogP contribution in [0, 0.1) is 0 Å². The van der Waals surface area contributed by atoms with Crippen LogP contribution in [0.1, 0.15) is 15.9 Å². The number of carbonyl (C=O) groups excluding carboxylic acids is 1. The summed E-state index contributed by atoms with van der Waals surface area (Å²) in [4.78, 5) is 11.9. The van der Waals surface area contributed by atoms with Gasteiger partial charge >= 0.3 is 39.7 Å². The second-order valence-corrected chi connectivity index (χ2v) is 5.53. The van der Waals surface area contributed by atoms with Crippen LogP contribution in [-0.4, -0.2) is 56.1 Å². The van der Waals surface area contributed by atoms with Crippen LogP contribution in [-0.2, 0) is 14.5 Å². The molecule has 0 saturated heterocycles. The topological polar surface area (TPSA) is 89.9 Å². The average molecular weight is 332 g/mol. The first-order valence-electron chi connectivity index (χ1n) is 5.86. The molecule has 0 aliphatic carbocycles. The van der Waals surface area contributed by atoms with Crippen LogP contribution in [0.3, 0.4) is 0 Å². The van der Waals surface area contributed by atoms with E-state index in [1.807, 2.05) is 0 Å². The summed E-state index contributed by atoms with van der Waals surface area (Å²) < 4.78 is 32.1. The molecule has 0 bridgehead atoms. The number of carbonyl (C=O) groups is 1. The van der Waals surface area contributed by atoms with Gasteiger partial charge in [0.15, 0.2) is 5.78 Å². The summed E-state index contributed by atoms with van der Waals surface area (Å²) in [5.74, 6) is -0.615. The minimum absolute atomic E-state index is 0. The van der Waals surface area contributed by atoms with E-state index in [0.29, 0.717) is 5.56 Å². The third-order valence-corrected chi connectivity index (χ3v) is 3.94. The summed E-state index contributed by atoms with van der Waals surface area (Å²) in [6, 6.07) is 12.3. The molecule has 1 N–H and O–H groups in total. The van der Waals surface area contributed by atoms with Gasteiger partial charge in [0.05, 0.1) is 7.11 Å². The van der Waals surface area contributed by atoms with Gasteiger partial charge < -0.3 is 4.74 Å². The van der Waals surface area contributed by atoms with Crippen molar-refractivity contribution in [3.63, 3.8) is 0 Å². The van der Waals surface area contributed by atoms with E-state index in [1.54, 1.807) is 30.3 Å². The fourth-order valence-corrected chi connectivity index (χ4v) is 2.80. The Hall–Kier alpha value is -1.22. The van der Waals surface area contributed by atoms with Gasteiger partial charge in [-0.15, -0.1) is 4.33 Å². The molecule has 2 aromatic carbocycles. The quantitative estimate of drug-likeness (QED) is 0.386. The van der Waals surface area contributed by atoms with Gasteiger partial charge in [0.1, 0.15) is 10.6 Å². The number of rotatable bonds is 5. The van der Waals surface area contributed by atoms with Crippen molar-refractivity contribution in [3.05, 3.63) is 59.7 Å². The molecular weight excluding hydrogens is 319 g/mol. The van der Waals surface area contributed by atoms with Crippen molar-refractivity contribution in [2.24, 2.45) is 0 Å². The average Bonchev–Trinajstić information content (AvgIpc) is 2.54. The summed E-state index contributed by atoms with van der Waals surface area (Å²) in [5.41, 5.74) is 0.162. The Morgan fingerprint density at radius 3 is 2.23 bits per heavy atom. The number of benzene rings is 2. The summed E-state index contributed by atoms with van der Waals surface area (Å²) in [5, 5.41) is 8.59. The van der Waals surface area contributed by atoms with Gasteiger partial charge in [0, 0.05) is 11.1 Å². The Morgan fingerprint density at radius 2 is 1.68 bits per heavy atom. The van der Waals surface area contributed by atoms with Crippen molar-refractivity contribution in [2.75, 3.05) is 7.11 Å². The van der Waals surface area contributed by atoms with E-state index in [4.69, 9.17) is 9.99 Å². The van der Waals surface area contributed by atoms with Crippen LogP contribution in [0.25, 0.3) is 0 Å². The first-order valence-corrected chi connectivity index (χ1v) is 7.27. The van der Waals surface area contributed by atoms with E-state index in [1.165, 1.54) is 25.3 Å². The second-order valence-electron chi connectivity index (χ2n) is 4.06. The van der Waals surface area contributed by atoms with Gasteiger partial charge in [-0.05, 0) is 12.1 Å². The molecule has 6 nitrogen and oxygen atoms in total. The zero-order valence-corrected chi connectivity index (χ0v) is 11.8. The SMILES string of the molecule is COc1cccc(C(=O)c2ccccc2)c1S(=O)(=O)OO.[NaH]. The van der Waals surface area contributed by atoms with Crippen molar-refractivity contribution >= 4 is 45.5 Å². The molecule has 0 amide bonds. The van der Waals surface area contributed by atoms with Gasteiger partial charge in [-0.2, -0.15) is 8.42 Å². The van der Waals surface area contributed by atoms with Gasteiger partial charge in [-0.3, -0.25) is 4.79 Å². The molecule has 2 rings (SSSR count). The Balaban J connectivity index is 0.00000242. The zero-order chi connectivity index (χ0) is 15.5. The number of methoxy groups -OCH3 is 1. The van der Waals surface area contributed by atoms with Gasteiger partial charge in [0.25, 0.3) is 0 Å². The Labute approximate surface area is 150 Å². The molecule has 112 valence electrons.